The van der Waals surface area contributed by atoms with Crippen molar-refractivity contribution in [1.82, 2.24) is 10.2 Å². The van der Waals surface area contributed by atoms with Gasteiger partial charge in [0.05, 0.1) is 5.02 Å². The highest BCUT2D eigenvalue weighted by Crippen LogP contribution is 2.23. The summed E-state index contributed by atoms with van der Waals surface area (Å²) in [5, 5.41) is 3.59. The SMILES string of the molecule is Cc1ccccc1CN(C(=O)COc1ccccc1Cl)C(C)C(=O)NC1CCCCC1. The molecule has 0 radical (unpaired) electrons. The largest absolute Gasteiger partial charge is 0.482 e. The lowest BCUT2D eigenvalue weighted by Gasteiger charge is -2.31. The average Bonchev–Trinajstić information content (AvgIpc) is 2.78. The highest BCUT2D eigenvalue weighted by Gasteiger charge is 2.28. The van der Waals surface area contributed by atoms with Gasteiger partial charge in [-0.3, -0.25) is 9.59 Å². The second kappa shape index (κ2) is 11.2. The maximum Gasteiger partial charge on any atom is 0.261 e. The summed E-state index contributed by atoms with van der Waals surface area (Å²) in [6.07, 6.45) is 5.49. The smallest absolute Gasteiger partial charge is 0.261 e. The van der Waals surface area contributed by atoms with Gasteiger partial charge in [0.15, 0.2) is 6.61 Å². The standard InChI is InChI=1S/C25H31ClN2O3/c1-18-10-6-7-11-20(18)16-28(19(2)25(30)27-21-12-4-3-5-13-21)24(29)17-31-23-15-9-8-14-22(23)26/h6-11,14-15,19,21H,3-5,12-13,16-17H2,1-2H3,(H,27,30). The minimum atomic E-state index is -0.608. The van der Waals surface area contributed by atoms with Crippen molar-refractivity contribution in [2.75, 3.05) is 6.61 Å². The summed E-state index contributed by atoms with van der Waals surface area (Å²) in [6.45, 7) is 3.95. The Morgan fingerprint density at radius 2 is 1.77 bits per heavy atom. The number of para-hydroxylation sites is 1. The molecule has 31 heavy (non-hydrogen) atoms. The fourth-order valence-electron chi connectivity index (χ4n) is 3.91. The molecule has 2 aromatic carbocycles. The van der Waals surface area contributed by atoms with Gasteiger partial charge in [-0.15, -0.1) is 0 Å². The van der Waals surface area contributed by atoms with E-state index in [0.717, 1.165) is 36.8 Å². The maximum absolute atomic E-state index is 13.2. The van der Waals surface area contributed by atoms with Crippen molar-refractivity contribution in [1.29, 1.82) is 0 Å². The molecule has 0 bridgehead atoms. The average molecular weight is 443 g/mol. The van der Waals surface area contributed by atoms with E-state index in [2.05, 4.69) is 5.32 Å². The van der Waals surface area contributed by atoms with Crippen LogP contribution in [0.1, 0.15) is 50.2 Å². The summed E-state index contributed by atoms with van der Waals surface area (Å²) in [6, 6.07) is 14.5. The predicted molar refractivity (Wildman–Crippen MR) is 123 cm³/mol. The summed E-state index contributed by atoms with van der Waals surface area (Å²) in [5.74, 6) is 0.0775. The summed E-state index contributed by atoms with van der Waals surface area (Å²) >= 11 is 6.15. The third-order valence-corrected chi connectivity index (χ3v) is 6.22. The first-order valence-electron chi connectivity index (χ1n) is 11.0. The van der Waals surface area contributed by atoms with E-state index < -0.39 is 6.04 Å². The molecule has 1 atom stereocenters. The van der Waals surface area contributed by atoms with E-state index in [1.165, 1.54) is 6.42 Å². The number of carbonyl (C=O) groups is 2. The lowest BCUT2D eigenvalue weighted by molar-refractivity contribution is -0.142. The number of aryl methyl sites for hydroxylation is 1. The van der Waals surface area contributed by atoms with E-state index in [1.54, 1.807) is 36.1 Å². The Bertz CT molecular complexity index is 896. The molecule has 2 amide bonds. The van der Waals surface area contributed by atoms with Gasteiger partial charge in [0, 0.05) is 12.6 Å². The molecule has 1 aliphatic rings. The Morgan fingerprint density at radius 3 is 2.48 bits per heavy atom. The number of ether oxygens (including phenoxy) is 1. The van der Waals surface area contributed by atoms with E-state index in [4.69, 9.17) is 16.3 Å². The molecule has 1 N–H and O–H groups in total. The molecule has 5 nitrogen and oxygen atoms in total. The summed E-state index contributed by atoms with van der Waals surface area (Å²) in [5.41, 5.74) is 2.08. The molecule has 166 valence electrons. The molecule has 0 spiro atoms. The number of rotatable bonds is 8. The lowest BCUT2D eigenvalue weighted by Crippen LogP contribution is -2.51. The number of carbonyl (C=O) groups excluding carboxylic acids is 2. The molecular formula is C25H31ClN2O3. The van der Waals surface area contributed by atoms with Crippen LogP contribution < -0.4 is 10.1 Å². The molecule has 6 heteroatoms. The molecule has 3 rings (SSSR count). The third kappa shape index (κ3) is 6.47. The van der Waals surface area contributed by atoms with Crippen molar-refractivity contribution in [2.24, 2.45) is 0 Å². The van der Waals surface area contributed by atoms with Crippen molar-refractivity contribution in [2.45, 2.75) is 64.6 Å². The van der Waals surface area contributed by atoms with Crippen molar-refractivity contribution in [3.05, 3.63) is 64.7 Å². The topological polar surface area (TPSA) is 58.6 Å². The van der Waals surface area contributed by atoms with Crippen LogP contribution in [0.3, 0.4) is 0 Å². The van der Waals surface area contributed by atoms with Crippen LogP contribution in [0.15, 0.2) is 48.5 Å². The van der Waals surface area contributed by atoms with Crippen molar-refractivity contribution in [3.63, 3.8) is 0 Å². The van der Waals surface area contributed by atoms with Gasteiger partial charge in [-0.1, -0.05) is 67.3 Å². The maximum atomic E-state index is 13.2. The minimum Gasteiger partial charge on any atom is -0.482 e. The highest BCUT2D eigenvalue weighted by atomic mass is 35.5. The van der Waals surface area contributed by atoms with Gasteiger partial charge in [-0.05, 0) is 49.9 Å². The number of nitrogens with one attached hydrogen (secondary N) is 1. The number of hydrogen-bond acceptors (Lipinski definition) is 3. The van der Waals surface area contributed by atoms with Gasteiger partial charge in [0.2, 0.25) is 5.91 Å². The number of hydrogen-bond donors (Lipinski definition) is 1. The Kier molecular flexibility index (Phi) is 8.35. The van der Waals surface area contributed by atoms with Gasteiger partial charge in [0.1, 0.15) is 11.8 Å². The third-order valence-electron chi connectivity index (χ3n) is 5.91. The summed E-state index contributed by atoms with van der Waals surface area (Å²) < 4.78 is 5.67. The molecule has 1 aliphatic carbocycles. The monoisotopic (exact) mass is 442 g/mol. The van der Waals surface area contributed by atoms with E-state index in [-0.39, 0.29) is 24.5 Å². The number of amides is 2. The Hall–Kier alpha value is -2.53. The van der Waals surface area contributed by atoms with E-state index in [9.17, 15) is 9.59 Å². The van der Waals surface area contributed by atoms with Crippen molar-refractivity contribution < 1.29 is 14.3 Å². The number of benzene rings is 2. The first-order chi connectivity index (χ1) is 15.0. The fourth-order valence-corrected chi connectivity index (χ4v) is 4.10. The zero-order valence-corrected chi connectivity index (χ0v) is 19.0. The normalized spacial score (nSPS) is 15.2. The van der Waals surface area contributed by atoms with Crippen LogP contribution in [0, 0.1) is 6.92 Å². The second-order valence-electron chi connectivity index (χ2n) is 8.19. The summed E-state index contributed by atoms with van der Waals surface area (Å²) in [7, 11) is 0. The molecule has 0 aliphatic heterocycles. The molecule has 0 saturated heterocycles. The van der Waals surface area contributed by atoms with Crippen LogP contribution >= 0.6 is 11.6 Å². The highest BCUT2D eigenvalue weighted by molar-refractivity contribution is 6.32. The molecule has 1 saturated carbocycles. The van der Waals surface area contributed by atoms with Gasteiger partial charge in [-0.2, -0.15) is 0 Å². The molecular weight excluding hydrogens is 412 g/mol. The molecule has 1 unspecified atom stereocenters. The van der Waals surface area contributed by atoms with Crippen LogP contribution in [-0.4, -0.2) is 35.4 Å². The molecule has 0 heterocycles. The van der Waals surface area contributed by atoms with Crippen LogP contribution in [0.25, 0.3) is 0 Å². The predicted octanol–water partition coefficient (Wildman–Crippen LogP) is 4.89. The van der Waals surface area contributed by atoms with Crippen LogP contribution in [0.2, 0.25) is 5.02 Å². The Balaban J connectivity index is 1.72. The van der Waals surface area contributed by atoms with Crippen molar-refractivity contribution in [3.8, 4) is 5.75 Å². The first-order valence-corrected chi connectivity index (χ1v) is 11.3. The van der Waals surface area contributed by atoms with Gasteiger partial charge in [0.25, 0.3) is 5.91 Å². The van der Waals surface area contributed by atoms with Gasteiger partial charge in [-0.25, -0.2) is 0 Å². The van der Waals surface area contributed by atoms with E-state index in [1.807, 2.05) is 31.2 Å². The summed E-state index contributed by atoms with van der Waals surface area (Å²) in [4.78, 5) is 27.7. The second-order valence-corrected chi connectivity index (χ2v) is 8.59. The number of halogens is 1. The van der Waals surface area contributed by atoms with Crippen LogP contribution in [0.4, 0.5) is 0 Å². The van der Waals surface area contributed by atoms with Crippen LogP contribution in [0.5, 0.6) is 5.75 Å². The first kappa shape index (κ1) is 23.1. The molecule has 1 fully saturated rings. The van der Waals surface area contributed by atoms with Crippen molar-refractivity contribution >= 4 is 23.4 Å². The Morgan fingerprint density at radius 1 is 1.10 bits per heavy atom. The fraction of sp³-hybridized carbons (Fsp3) is 0.440. The lowest BCUT2D eigenvalue weighted by atomic mass is 9.95. The van der Waals surface area contributed by atoms with E-state index >= 15 is 0 Å². The quantitative estimate of drug-likeness (QED) is 0.633. The minimum absolute atomic E-state index is 0.119. The van der Waals surface area contributed by atoms with Gasteiger partial charge >= 0.3 is 0 Å². The number of nitrogens with zero attached hydrogens (tertiary/aromatic N) is 1. The van der Waals surface area contributed by atoms with Gasteiger partial charge < -0.3 is 15.0 Å². The Labute approximate surface area is 189 Å². The van der Waals surface area contributed by atoms with E-state index in [0.29, 0.717) is 17.3 Å². The zero-order valence-electron chi connectivity index (χ0n) is 18.3. The zero-order chi connectivity index (χ0) is 22.2. The molecule has 0 aromatic heterocycles. The molecule has 2 aromatic rings. The van der Waals surface area contributed by atoms with Crippen LogP contribution in [-0.2, 0) is 16.1 Å².